The molecule has 1 rings (SSSR count). The van der Waals surface area contributed by atoms with Gasteiger partial charge in [0.2, 0.25) is 0 Å². The van der Waals surface area contributed by atoms with Crippen molar-refractivity contribution in [1.29, 1.82) is 0 Å². The van der Waals surface area contributed by atoms with Crippen molar-refractivity contribution < 1.29 is 9.72 Å². The summed E-state index contributed by atoms with van der Waals surface area (Å²) in [5.41, 5.74) is 0.906. The molecule has 0 saturated heterocycles. The molecule has 1 atom stereocenters. The van der Waals surface area contributed by atoms with Crippen LogP contribution in [0.5, 0.6) is 0 Å². The van der Waals surface area contributed by atoms with E-state index < -0.39 is 9.25 Å². The normalized spacial score (nSPS) is 14.2. The van der Waals surface area contributed by atoms with Crippen molar-refractivity contribution in [1.82, 2.24) is 0 Å². The second-order valence-electron chi connectivity index (χ2n) is 3.88. The van der Waals surface area contributed by atoms with Gasteiger partial charge in [0, 0.05) is 18.6 Å². The van der Waals surface area contributed by atoms with E-state index in [-0.39, 0.29) is 11.5 Å². The standard InChI is InChI=1S/C11H12BrNO3/c1-8(14)7-11(2,12)9-3-5-10(6-4-9)13(15)16/h3-6H,7H2,1-2H3. The summed E-state index contributed by atoms with van der Waals surface area (Å²) in [6.45, 7) is 3.39. The lowest BCUT2D eigenvalue weighted by molar-refractivity contribution is -0.384. The fourth-order valence-electron chi connectivity index (χ4n) is 1.50. The summed E-state index contributed by atoms with van der Waals surface area (Å²) in [5, 5.41) is 10.5. The quantitative estimate of drug-likeness (QED) is 0.485. The first kappa shape index (κ1) is 12.8. The van der Waals surface area contributed by atoms with Crippen molar-refractivity contribution >= 4 is 27.4 Å². The van der Waals surface area contributed by atoms with Crippen molar-refractivity contribution in [3.8, 4) is 0 Å². The highest BCUT2D eigenvalue weighted by Gasteiger charge is 2.25. The van der Waals surface area contributed by atoms with Crippen molar-refractivity contribution in [3.63, 3.8) is 0 Å². The van der Waals surface area contributed by atoms with E-state index in [1.54, 1.807) is 12.1 Å². The van der Waals surface area contributed by atoms with E-state index in [0.717, 1.165) is 5.56 Å². The Morgan fingerprint density at radius 3 is 2.31 bits per heavy atom. The van der Waals surface area contributed by atoms with E-state index in [2.05, 4.69) is 15.9 Å². The number of carbonyl (C=O) groups is 1. The fourth-order valence-corrected chi connectivity index (χ4v) is 2.16. The molecule has 0 aromatic heterocycles. The number of hydrogen-bond acceptors (Lipinski definition) is 3. The number of nitrogens with zero attached hydrogens (tertiary/aromatic N) is 1. The summed E-state index contributed by atoms with van der Waals surface area (Å²) in [4.78, 5) is 21.1. The number of rotatable bonds is 4. The van der Waals surface area contributed by atoms with Crippen LogP contribution in [-0.4, -0.2) is 10.7 Å². The molecule has 4 nitrogen and oxygen atoms in total. The Morgan fingerprint density at radius 2 is 1.94 bits per heavy atom. The smallest absolute Gasteiger partial charge is 0.269 e. The lowest BCUT2D eigenvalue weighted by Gasteiger charge is -2.21. The number of hydrogen-bond donors (Lipinski definition) is 0. The molecule has 1 aromatic carbocycles. The molecular weight excluding hydrogens is 274 g/mol. The lowest BCUT2D eigenvalue weighted by Crippen LogP contribution is -2.16. The van der Waals surface area contributed by atoms with Crippen LogP contribution < -0.4 is 0 Å². The van der Waals surface area contributed by atoms with Crippen LogP contribution in [0.15, 0.2) is 24.3 Å². The molecule has 0 bridgehead atoms. The molecule has 16 heavy (non-hydrogen) atoms. The molecule has 0 aliphatic carbocycles. The van der Waals surface area contributed by atoms with Crippen molar-refractivity contribution in [2.75, 3.05) is 0 Å². The zero-order valence-corrected chi connectivity index (χ0v) is 10.7. The van der Waals surface area contributed by atoms with Crippen LogP contribution in [0.4, 0.5) is 5.69 Å². The minimum absolute atomic E-state index is 0.0508. The fraction of sp³-hybridized carbons (Fsp3) is 0.364. The zero-order chi connectivity index (χ0) is 12.3. The van der Waals surface area contributed by atoms with Crippen molar-refractivity contribution in [2.24, 2.45) is 0 Å². The van der Waals surface area contributed by atoms with E-state index in [1.165, 1.54) is 19.1 Å². The summed E-state index contributed by atoms with van der Waals surface area (Å²) < 4.78 is -0.464. The van der Waals surface area contributed by atoms with Gasteiger partial charge in [-0.25, -0.2) is 0 Å². The first-order chi connectivity index (χ1) is 7.33. The van der Waals surface area contributed by atoms with Gasteiger partial charge < -0.3 is 0 Å². The molecule has 0 fully saturated rings. The van der Waals surface area contributed by atoms with Gasteiger partial charge in [-0.1, -0.05) is 28.1 Å². The first-order valence-electron chi connectivity index (χ1n) is 4.76. The topological polar surface area (TPSA) is 60.2 Å². The average molecular weight is 286 g/mol. The number of ketones is 1. The highest BCUT2D eigenvalue weighted by atomic mass is 79.9. The number of non-ortho nitro benzene ring substituents is 1. The molecule has 0 N–H and O–H groups in total. The van der Waals surface area contributed by atoms with Gasteiger partial charge in [0.1, 0.15) is 5.78 Å². The predicted molar refractivity (Wildman–Crippen MR) is 64.7 cm³/mol. The number of nitro groups is 1. The first-order valence-corrected chi connectivity index (χ1v) is 5.55. The highest BCUT2D eigenvalue weighted by molar-refractivity contribution is 9.09. The van der Waals surface area contributed by atoms with Gasteiger partial charge in [0.15, 0.2) is 0 Å². The third-order valence-electron chi connectivity index (χ3n) is 2.26. The summed E-state index contributed by atoms with van der Waals surface area (Å²) in [6, 6.07) is 6.20. The minimum atomic E-state index is -0.464. The summed E-state index contributed by atoms with van der Waals surface area (Å²) in [7, 11) is 0. The number of carbonyl (C=O) groups excluding carboxylic acids is 1. The van der Waals surface area contributed by atoms with Crippen LogP contribution in [-0.2, 0) is 9.12 Å². The van der Waals surface area contributed by atoms with Gasteiger partial charge in [0.05, 0.1) is 9.25 Å². The molecule has 0 aliphatic rings. The number of alkyl halides is 1. The second-order valence-corrected chi connectivity index (χ2v) is 5.63. The van der Waals surface area contributed by atoms with Crippen LogP contribution in [0.3, 0.4) is 0 Å². The van der Waals surface area contributed by atoms with Crippen molar-refractivity contribution in [3.05, 3.63) is 39.9 Å². The summed E-state index contributed by atoms with van der Waals surface area (Å²) >= 11 is 3.46. The van der Waals surface area contributed by atoms with Gasteiger partial charge in [-0.15, -0.1) is 0 Å². The Morgan fingerprint density at radius 1 is 1.44 bits per heavy atom. The highest BCUT2D eigenvalue weighted by Crippen LogP contribution is 2.35. The molecule has 5 heteroatoms. The molecule has 0 amide bonds. The van der Waals surface area contributed by atoms with E-state index in [0.29, 0.717) is 6.42 Å². The van der Waals surface area contributed by atoms with Crippen LogP contribution in [0.25, 0.3) is 0 Å². The molecule has 0 aliphatic heterocycles. The van der Waals surface area contributed by atoms with E-state index >= 15 is 0 Å². The van der Waals surface area contributed by atoms with Crippen LogP contribution in [0.2, 0.25) is 0 Å². The largest absolute Gasteiger partial charge is 0.300 e. The minimum Gasteiger partial charge on any atom is -0.300 e. The molecule has 0 spiro atoms. The predicted octanol–water partition coefficient (Wildman–Crippen LogP) is 3.18. The molecular formula is C11H12BrNO3. The second kappa shape index (κ2) is 4.74. The van der Waals surface area contributed by atoms with Crippen molar-refractivity contribution in [2.45, 2.75) is 24.6 Å². The Bertz CT molecular complexity index is 412. The summed E-state index contributed by atoms with van der Waals surface area (Å²) in [5.74, 6) is 0.0673. The molecule has 1 unspecified atom stereocenters. The number of nitro benzene ring substituents is 1. The average Bonchev–Trinajstić information content (AvgIpc) is 2.16. The third-order valence-corrected chi connectivity index (χ3v) is 3.00. The Kier molecular flexibility index (Phi) is 3.80. The number of benzene rings is 1. The van der Waals surface area contributed by atoms with Gasteiger partial charge in [-0.2, -0.15) is 0 Å². The Balaban J connectivity index is 2.96. The molecule has 1 aromatic rings. The monoisotopic (exact) mass is 285 g/mol. The van der Waals surface area contributed by atoms with E-state index in [1.807, 2.05) is 6.92 Å². The molecule has 86 valence electrons. The van der Waals surface area contributed by atoms with E-state index in [9.17, 15) is 14.9 Å². The molecule has 0 radical (unpaired) electrons. The number of halogens is 1. The van der Waals surface area contributed by atoms with Crippen LogP contribution >= 0.6 is 15.9 Å². The van der Waals surface area contributed by atoms with Gasteiger partial charge >= 0.3 is 0 Å². The van der Waals surface area contributed by atoms with E-state index in [4.69, 9.17) is 0 Å². The molecule has 0 heterocycles. The lowest BCUT2D eigenvalue weighted by atomic mass is 9.95. The van der Waals surface area contributed by atoms with Gasteiger partial charge in [-0.05, 0) is 19.4 Å². The third kappa shape index (κ3) is 3.13. The van der Waals surface area contributed by atoms with Crippen LogP contribution in [0, 0.1) is 10.1 Å². The Hall–Kier alpha value is -1.23. The maximum Gasteiger partial charge on any atom is 0.269 e. The maximum absolute atomic E-state index is 11.1. The van der Waals surface area contributed by atoms with Crippen LogP contribution in [0.1, 0.15) is 25.8 Å². The summed E-state index contributed by atoms with van der Waals surface area (Å²) in [6.07, 6.45) is 0.352. The SMILES string of the molecule is CC(=O)CC(C)(Br)c1ccc([N+](=O)[O-])cc1. The zero-order valence-electron chi connectivity index (χ0n) is 9.07. The number of Topliss-reactive ketones (excluding diaryl/α,β-unsaturated/α-hetero) is 1. The van der Waals surface area contributed by atoms with Gasteiger partial charge in [0.25, 0.3) is 5.69 Å². The molecule has 0 saturated carbocycles. The van der Waals surface area contributed by atoms with Gasteiger partial charge in [-0.3, -0.25) is 14.9 Å². The Labute approximate surface area is 102 Å². The maximum atomic E-state index is 11.1.